The van der Waals surface area contributed by atoms with Gasteiger partial charge >= 0.3 is 0 Å². The monoisotopic (exact) mass is 320 g/mol. The standard InChI is InChI=1S/C15H12O8/c16-6-3-7(17)11-10(4-6)23-15(14(22)13(11)21)5-1-8(18)12(20)9(19)2-5/h1-4,13,15-21H/t13?,15-/m0/s1. The van der Waals surface area contributed by atoms with Gasteiger partial charge in [-0.1, -0.05) is 0 Å². The van der Waals surface area contributed by atoms with Crippen LogP contribution in [0.3, 0.4) is 0 Å². The molecule has 120 valence electrons. The molecular weight excluding hydrogens is 308 g/mol. The van der Waals surface area contributed by atoms with Gasteiger partial charge in [0.25, 0.3) is 0 Å². The van der Waals surface area contributed by atoms with Gasteiger partial charge in [0.05, 0.1) is 5.56 Å². The Bertz CT molecular complexity index is 790. The van der Waals surface area contributed by atoms with Crippen molar-refractivity contribution in [3.63, 3.8) is 0 Å². The fraction of sp³-hybridized carbons (Fsp3) is 0.133. The first kappa shape index (κ1) is 14.8. The maximum Gasteiger partial charge on any atom is 0.211 e. The average Bonchev–Trinajstić information content (AvgIpc) is 2.47. The molecule has 6 N–H and O–H groups in total. The van der Waals surface area contributed by atoms with Crippen LogP contribution in [0.5, 0.6) is 34.5 Å². The molecule has 8 heteroatoms. The number of aliphatic hydroxyl groups is 1. The van der Waals surface area contributed by atoms with Gasteiger partial charge in [-0.2, -0.15) is 0 Å². The zero-order valence-corrected chi connectivity index (χ0v) is 11.5. The van der Waals surface area contributed by atoms with Gasteiger partial charge in [0.2, 0.25) is 5.78 Å². The van der Waals surface area contributed by atoms with Crippen LogP contribution in [-0.4, -0.2) is 36.4 Å². The van der Waals surface area contributed by atoms with Gasteiger partial charge in [-0.15, -0.1) is 0 Å². The summed E-state index contributed by atoms with van der Waals surface area (Å²) in [5, 5.41) is 57.7. The largest absolute Gasteiger partial charge is 0.508 e. The van der Waals surface area contributed by atoms with Crippen molar-refractivity contribution in [1.82, 2.24) is 0 Å². The van der Waals surface area contributed by atoms with E-state index in [9.17, 15) is 35.4 Å². The maximum absolute atomic E-state index is 12.3. The minimum absolute atomic E-state index is 0.0182. The minimum Gasteiger partial charge on any atom is -0.508 e. The second kappa shape index (κ2) is 4.96. The summed E-state index contributed by atoms with van der Waals surface area (Å²) < 4.78 is 5.38. The summed E-state index contributed by atoms with van der Waals surface area (Å²) in [4.78, 5) is 12.3. The maximum atomic E-state index is 12.3. The number of aliphatic hydroxyl groups excluding tert-OH is 1. The van der Waals surface area contributed by atoms with Crippen LogP contribution in [0.2, 0.25) is 0 Å². The van der Waals surface area contributed by atoms with Crippen molar-refractivity contribution in [2.45, 2.75) is 12.2 Å². The highest BCUT2D eigenvalue weighted by molar-refractivity contribution is 5.92. The van der Waals surface area contributed by atoms with Gasteiger partial charge < -0.3 is 35.4 Å². The molecule has 2 aromatic carbocycles. The number of fused-ring (bicyclic) bond motifs is 1. The van der Waals surface area contributed by atoms with Crippen LogP contribution >= 0.6 is 0 Å². The van der Waals surface area contributed by atoms with Crippen LogP contribution in [-0.2, 0) is 4.79 Å². The van der Waals surface area contributed by atoms with Gasteiger partial charge in [0.1, 0.15) is 23.4 Å². The number of benzene rings is 2. The van der Waals surface area contributed by atoms with Crippen molar-refractivity contribution < 1.29 is 40.2 Å². The summed E-state index contributed by atoms with van der Waals surface area (Å²) in [5.41, 5.74) is -0.202. The molecule has 1 aliphatic heterocycles. The van der Waals surface area contributed by atoms with Crippen LogP contribution < -0.4 is 4.74 Å². The molecule has 0 saturated heterocycles. The summed E-state index contributed by atoms with van der Waals surface area (Å²) in [7, 11) is 0. The number of phenols is 5. The van der Waals surface area contributed by atoms with Crippen molar-refractivity contribution in [2.75, 3.05) is 0 Å². The number of carbonyl (C=O) groups is 1. The Balaban J connectivity index is 2.11. The van der Waals surface area contributed by atoms with E-state index in [1.165, 1.54) is 0 Å². The van der Waals surface area contributed by atoms with E-state index in [4.69, 9.17) is 4.74 Å². The fourth-order valence-corrected chi connectivity index (χ4v) is 2.45. The van der Waals surface area contributed by atoms with Gasteiger partial charge in [0, 0.05) is 17.7 Å². The minimum atomic E-state index is -1.72. The highest BCUT2D eigenvalue weighted by Gasteiger charge is 2.39. The highest BCUT2D eigenvalue weighted by atomic mass is 16.5. The molecule has 1 unspecified atom stereocenters. The molecule has 0 spiro atoms. The predicted molar refractivity (Wildman–Crippen MR) is 74.5 cm³/mol. The molecule has 0 radical (unpaired) electrons. The first-order valence-electron chi connectivity index (χ1n) is 6.48. The summed E-state index contributed by atoms with van der Waals surface area (Å²) in [6, 6.07) is 4.06. The topological polar surface area (TPSA) is 148 Å². The molecule has 0 aromatic heterocycles. The van der Waals surface area contributed by atoms with E-state index in [0.717, 1.165) is 24.3 Å². The molecule has 0 amide bonds. The fourth-order valence-electron chi connectivity index (χ4n) is 2.45. The molecule has 2 atom stereocenters. The number of ether oxygens (including phenoxy) is 1. The summed E-state index contributed by atoms with van der Waals surface area (Å²) in [5.74, 6) is -3.90. The van der Waals surface area contributed by atoms with Crippen LogP contribution in [0.1, 0.15) is 23.3 Å². The van der Waals surface area contributed by atoms with Gasteiger partial charge in [0.15, 0.2) is 23.4 Å². The highest BCUT2D eigenvalue weighted by Crippen LogP contribution is 2.46. The lowest BCUT2D eigenvalue weighted by atomic mass is 9.92. The summed E-state index contributed by atoms with van der Waals surface area (Å²) in [6.07, 6.45) is -3.13. The van der Waals surface area contributed by atoms with E-state index in [-0.39, 0.29) is 22.6 Å². The van der Waals surface area contributed by atoms with Crippen LogP contribution in [0.4, 0.5) is 0 Å². The molecule has 1 aliphatic rings. The zero-order chi connectivity index (χ0) is 16.9. The molecule has 1 heterocycles. The number of carbonyl (C=O) groups excluding carboxylic acids is 1. The molecule has 23 heavy (non-hydrogen) atoms. The predicted octanol–water partition coefficient (Wildman–Crippen LogP) is 0.951. The number of phenolic OH excluding ortho intramolecular Hbond substituents is 5. The van der Waals surface area contributed by atoms with Gasteiger partial charge in [-0.25, -0.2) is 0 Å². The Kier molecular flexibility index (Phi) is 3.19. The van der Waals surface area contributed by atoms with E-state index in [2.05, 4.69) is 0 Å². The Morgan fingerprint density at radius 3 is 2.09 bits per heavy atom. The molecule has 8 nitrogen and oxygen atoms in total. The van der Waals surface area contributed by atoms with E-state index < -0.39 is 41.0 Å². The number of ketones is 1. The van der Waals surface area contributed by atoms with Gasteiger partial charge in [-0.3, -0.25) is 4.79 Å². The van der Waals surface area contributed by atoms with E-state index in [1.807, 2.05) is 0 Å². The third-order valence-corrected chi connectivity index (χ3v) is 3.55. The first-order chi connectivity index (χ1) is 10.8. The number of rotatable bonds is 1. The average molecular weight is 320 g/mol. The van der Waals surface area contributed by atoms with E-state index in [1.54, 1.807) is 0 Å². The molecule has 0 saturated carbocycles. The molecule has 2 aromatic rings. The van der Waals surface area contributed by atoms with Crippen molar-refractivity contribution in [3.8, 4) is 34.5 Å². The Hall–Kier alpha value is -3.13. The lowest BCUT2D eigenvalue weighted by Crippen LogP contribution is -2.30. The molecule has 0 fully saturated rings. The molecular formula is C15H12O8. The first-order valence-corrected chi connectivity index (χ1v) is 6.48. The summed E-state index contributed by atoms with van der Waals surface area (Å²) >= 11 is 0. The van der Waals surface area contributed by atoms with Crippen molar-refractivity contribution >= 4 is 5.78 Å². The van der Waals surface area contributed by atoms with Gasteiger partial charge in [-0.05, 0) is 12.1 Å². The smallest absolute Gasteiger partial charge is 0.211 e. The third-order valence-electron chi connectivity index (χ3n) is 3.55. The molecule has 0 bridgehead atoms. The number of hydrogen-bond donors (Lipinski definition) is 6. The Morgan fingerprint density at radius 1 is 0.870 bits per heavy atom. The SMILES string of the molecule is O=C1C(O)c2c(O)cc(O)cc2O[C@H]1c1cc(O)c(O)c(O)c1. The lowest BCUT2D eigenvalue weighted by Gasteiger charge is -2.29. The van der Waals surface area contributed by atoms with Crippen LogP contribution in [0.15, 0.2) is 24.3 Å². The quantitative estimate of drug-likeness (QED) is 0.425. The number of hydrogen-bond acceptors (Lipinski definition) is 8. The number of aromatic hydroxyl groups is 5. The lowest BCUT2D eigenvalue weighted by molar-refractivity contribution is -0.137. The summed E-state index contributed by atoms with van der Waals surface area (Å²) in [6.45, 7) is 0. The van der Waals surface area contributed by atoms with Crippen molar-refractivity contribution in [2.24, 2.45) is 0 Å². The Labute approximate surface area is 129 Å². The molecule has 0 aliphatic carbocycles. The third kappa shape index (κ3) is 2.25. The van der Waals surface area contributed by atoms with Crippen LogP contribution in [0.25, 0.3) is 0 Å². The number of Topliss-reactive ketones (excluding diaryl/α,β-unsaturated/α-hetero) is 1. The Morgan fingerprint density at radius 2 is 1.48 bits per heavy atom. The second-order valence-corrected chi connectivity index (χ2v) is 5.09. The van der Waals surface area contributed by atoms with Crippen LogP contribution in [0, 0.1) is 0 Å². The van der Waals surface area contributed by atoms with E-state index >= 15 is 0 Å². The second-order valence-electron chi connectivity index (χ2n) is 5.09. The van der Waals surface area contributed by atoms with E-state index in [0.29, 0.717) is 0 Å². The zero-order valence-electron chi connectivity index (χ0n) is 11.5. The normalized spacial score (nSPS) is 20.0. The van der Waals surface area contributed by atoms with Crippen molar-refractivity contribution in [3.05, 3.63) is 35.4 Å². The van der Waals surface area contributed by atoms with Crippen molar-refractivity contribution in [1.29, 1.82) is 0 Å². The molecule has 3 rings (SSSR count).